The van der Waals surface area contributed by atoms with Crippen molar-refractivity contribution in [3.05, 3.63) is 0 Å². The fraction of sp³-hybridized carbons (Fsp3) is 1.00. The van der Waals surface area contributed by atoms with Gasteiger partial charge in [-0.15, -0.1) is 0 Å². The number of rotatable bonds is 18. The first kappa shape index (κ1) is 34.0. The van der Waals surface area contributed by atoms with Crippen molar-refractivity contribution in [1.29, 1.82) is 0 Å². The van der Waals surface area contributed by atoms with Gasteiger partial charge in [0.25, 0.3) is 0 Å². The van der Waals surface area contributed by atoms with Crippen LogP contribution in [0.5, 0.6) is 0 Å². The van der Waals surface area contributed by atoms with Crippen LogP contribution in [0.25, 0.3) is 0 Å². The molecule has 0 aromatic heterocycles. The fourth-order valence-electron chi connectivity index (χ4n) is 2.83. The molecule has 0 aromatic rings. The number of unbranched alkanes of at least 4 members (excludes halogenated alkanes) is 12. The first-order chi connectivity index (χ1) is 11.5. The van der Waals surface area contributed by atoms with E-state index in [0.29, 0.717) is 13.0 Å². The summed E-state index contributed by atoms with van der Waals surface area (Å²) in [6.45, 7) is 4.33. The first-order valence-electron chi connectivity index (χ1n) is 9.81. The molecule has 0 saturated heterocycles. The molecule has 0 radical (unpaired) electrons. The van der Waals surface area contributed by atoms with Gasteiger partial charge >= 0.3 is 103 Å². The minimum atomic E-state index is -4.96. The summed E-state index contributed by atoms with van der Waals surface area (Å²) in [4.78, 5) is 21.2. The molecule has 0 saturated carbocycles. The van der Waals surface area contributed by atoms with Crippen LogP contribution < -0.4 is 113 Å². The Morgan fingerprint density at radius 3 is 1.46 bits per heavy atom. The second kappa shape index (κ2) is 24.6. The molecule has 0 aliphatic heterocycles. The molecule has 0 spiro atoms. The molecule has 0 amide bonds. The van der Waals surface area contributed by atoms with E-state index < -0.39 is 14.1 Å². The number of hydrogen-bond donors (Lipinski definition) is 0. The second-order valence-corrected chi connectivity index (χ2v) is 7.57. The zero-order valence-corrected chi connectivity index (χ0v) is 24.8. The molecule has 0 aliphatic rings. The predicted octanol–water partition coefficient (Wildman–Crippen LogP) is -1.32. The number of phosphoric acid groups is 1. The summed E-state index contributed by atoms with van der Waals surface area (Å²) in [7, 11) is -4.96. The molecule has 0 aliphatic carbocycles. The van der Waals surface area contributed by atoms with Crippen LogP contribution in [-0.2, 0) is 13.8 Å². The summed E-state index contributed by atoms with van der Waals surface area (Å²) in [5, 5.41) is 0. The average Bonchev–Trinajstić information content (AvgIpc) is 2.50. The number of hydrogen-bond acceptors (Lipinski definition) is 5. The third-order valence-electron chi connectivity index (χ3n) is 4.14. The van der Waals surface area contributed by atoms with E-state index in [0.717, 1.165) is 19.3 Å². The predicted molar refractivity (Wildman–Crippen MR) is 94.4 cm³/mol. The summed E-state index contributed by atoms with van der Waals surface area (Å²) in [6.07, 6.45) is 15.9. The van der Waals surface area contributed by atoms with E-state index in [2.05, 4.69) is 11.4 Å². The third-order valence-corrected chi connectivity index (χ3v) is 4.64. The molecule has 1 atom stereocenters. The Labute approximate surface area is 246 Å². The summed E-state index contributed by atoms with van der Waals surface area (Å²) in [5.74, 6) is 0. The van der Waals surface area contributed by atoms with E-state index in [1.54, 1.807) is 6.92 Å². The van der Waals surface area contributed by atoms with Gasteiger partial charge in [0.05, 0.1) is 7.82 Å². The SMILES string of the molecule is CCCCCCCCCCCCCCCC(OCC)OP(=O)([O-])[O-].[K+].[K+]. The van der Waals surface area contributed by atoms with Crippen LogP contribution in [0.2, 0.25) is 0 Å². The fourth-order valence-corrected chi connectivity index (χ4v) is 3.28. The molecule has 0 N–H and O–H groups in total. The average molecular weight is 443 g/mol. The first-order valence-corrected chi connectivity index (χ1v) is 11.3. The zero-order chi connectivity index (χ0) is 18.1. The topological polar surface area (TPSA) is 81.7 Å². The van der Waals surface area contributed by atoms with E-state index in [4.69, 9.17) is 4.74 Å². The van der Waals surface area contributed by atoms with Crippen molar-refractivity contribution in [2.75, 3.05) is 6.61 Å². The standard InChI is InChI=1S/C18H39O5P.2K/c1-3-5-6-7-8-9-10-11-12-13-14-15-16-17-18(22-4-2)23-24(19,20)21;;/h18H,3-17H2,1-2H3,(H2,19,20,21);;/q;2*+1/p-2. The van der Waals surface area contributed by atoms with Gasteiger partial charge in [0.2, 0.25) is 0 Å². The van der Waals surface area contributed by atoms with Crippen LogP contribution in [0.4, 0.5) is 0 Å². The van der Waals surface area contributed by atoms with E-state index in [-0.39, 0.29) is 103 Å². The van der Waals surface area contributed by atoms with Crippen LogP contribution in [0, 0.1) is 0 Å². The molecule has 146 valence electrons. The van der Waals surface area contributed by atoms with Gasteiger partial charge in [0.1, 0.15) is 0 Å². The monoisotopic (exact) mass is 442 g/mol. The summed E-state index contributed by atoms with van der Waals surface area (Å²) in [6, 6.07) is 0. The molecule has 0 fully saturated rings. The molecular formula is C18H37K2O5P. The Balaban J connectivity index is -0.00000264. The summed E-state index contributed by atoms with van der Waals surface area (Å²) < 4.78 is 20.2. The maximum Gasteiger partial charge on any atom is 1.00 e. The molecule has 0 bridgehead atoms. The summed E-state index contributed by atoms with van der Waals surface area (Å²) in [5.41, 5.74) is 0. The molecule has 0 aromatic carbocycles. The van der Waals surface area contributed by atoms with E-state index in [9.17, 15) is 14.4 Å². The molecule has 5 nitrogen and oxygen atoms in total. The van der Waals surface area contributed by atoms with Crippen LogP contribution in [-0.4, -0.2) is 12.9 Å². The maximum absolute atomic E-state index is 10.6. The van der Waals surface area contributed by atoms with Crippen molar-refractivity contribution in [3.63, 3.8) is 0 Å². The zero-order valence-electron chi connectivity index (χ0n) is 17.7. The Bertz CT molecular complexity index is 316. The van der Waals surface area contributed by atoms with Crippen molar-refractivity contribution in [2.45, 2.75) is 110 Å². The largest absolute Gasteiger partial charge is 1.00 e. The van der Waals surface area contributed by atoms with Crippen molar-refractivity contribution >= 4 is 7.82 Å². The molecular weight excluding hydrogens is 405 g/mol. The quantitative estimate of drug-likeness (QED) is 0.114. The van der Waals surface area contributed by atoms with Crippen molar-refractivity contribution in [1.82, 2.24) is 0 Å². The molecule has 1 unspecified atom stereocenters. The van der Waals surface area contributed by atoms with Gasteiger partial charge in [-0.05, 0) is 19.8 Å². The molecule has 8 heteroatoms. The van der Waals surface area contributed by atoms with Gasteiger partial charge in [0, 0.05) is 6.61 Å². The molecule has 0 heterocycles. The molecule has 26 heavy (non-hydrogen) atoms. The van der Waals surface area contributed by atoms with Gasteiger partial charge in [-0.1, -0.05) is 84.0 Å². The third kappa shape index (κ3) is 27.3. The summed E-state index contributed by atoms with van der Waals surface area (Å²) >= 11 is 0. The van der Waals surface area contributed by atoms with E-state index in [1.807, 2.05) is 0 Å². The minimum Gasteiger partial charge on any atom is -0.790 e. The van der Waals surface area contributed by atoms with Crippen molar-refractivity contribution in [3.8, 4) is 0 Å². The van der Waals surface area contributed by atoms with Crippen LogP contribution in [0.1, 0.15) is 104 Å². The van der Waals surface area contributed by atoms with Crippen LogP contribution in [0.3, 0.4) is 0 Å². The Kier molecular flexibility index (Phi) is 32.2. The van der Waals surface area contributed by atoms with Gasteiger partial charge in [0.15, 0.2) is 6.29 Å². The van der Waals surface area contributed by atoms with Crippen LogP contribution >= 0.6 is 7.82 Å². The number of ether oxygens (including phenoxy) is 1. The van der Waals surface area contributed by atoms with Crippen LogP contribution in [0.15, 0.2) is 0 Å². The van der Waals surface area contributed by atoms with E-state index >= 15 is 0 Å². The van der Waals surface area contributed by atoms with Gasteiger partial charge in [-0.25, -0.2) is 0 Å². The Morgan fingerprint density at radius 2 is 1.12 bits per heavy atom. The second-order valence-electron chi connectivity index (χ2n) is 6.47. The van der Waals surface area contributed by atoms with Crippen molar-refractivity contribution in [2.24, 2.45) is 0 Å². The van der Waals surface area contributed by atoms with Gasteiger partial charge < -0.3 is 23.6 Å². The minimum absolute atomic E-state index is 0. The number of phosphoric ester groups is 1. The smallest absolute Gasteiger partial charge is 0.790 e. The van der Waals surface area contributed by atoms with Gasteiger partial charge in [-0.3, -0.25) is 0 Å². The Morgan fingerprint density at radius 1 is 0.731 bits per heavy atom. The normalized spacial score (nSPS) is 12.3. The Hall–Kier alpha value is 3.34. The van der Waals surface area contributed by atoms with E-state index in [1.165, 1.54) is 64.2 Å². The van der Waals surface area contributed by atoms with Gasteiger partial charge in [-0.2, -0.15) is 0 Å². The maximum atomic E-state index is 10.6. The molecule has 0 rings (SSSR count). The van der Waals surface area contributed by atoms with Crippen molar-refractivity contribution < 1.29 is 126 Å².